The summed E-state index contributed by atoms with van der Waals surface area (Å²) < 4.78 is 36.0. The molecule has 2 N–H and O–H groups in total. The van der Waals surface area contributed by atoms with Crippen LogP contribution in [0.1, 0.15) is 360 Å². The predicted octanol–water partition coefficient (Wildman–Crippen LogP) is 20.7. The largest absolute Gasteiger partial charge is 0.523 e. The third-order valence-corrected chi connectivity index (χ3v) is 40.1. The van der Waals surface area contributed by atoms with E-state index in [4.69, 9.17) is 59.1 Å². The van der Waals surface area contributed by atoms with Crippen molar-refractivity contribution in [1.29, 1.82) is 0 Å². The Kier molecular flexibility index (Phi) is 22.2. The van der Waals surface area contributed by atoms with Crippen LogP contribution in [0.3, 0.4) is 0 Å². The van der Waals surface area contributed by atoms with Gasteiger partial charge in [-0.25, -0.2) is 9.69 Å². The number of aliphatic hydroxyl groups excluding tert-OH is 2. The van der Waals surface area contributed by atoms with Crippen LogP contribution in [0.5, 0.6) is 0 Å². The number of fused-ring (bicyclic) bond motifs is 27. The number of aromatic nitrogens is 13. The van der Waals surface area contributed by atoms with Gasteiger partial charge in [-0.1, -0.05) is 137 Å². The Morgan fingerprint density at radius 2 is 0.773 bits per heavy atom. The second kappa shape index (κ2) is 32.7. The van der Waals surface area contributed by atoms with Gasteiger partial charge in [0.25, 0.3) is 0 Å². The zero-order chi connectivity index (χ0) is 93.2. The summed E-state index contributed by atoms with van der Waals surface area (Å²) in [5, 5.41) is 53.5. The number of aryl methyl sites for hydroxylation is 12. The standard InChI is InChI=1S/C19H28N2O2.2C18H23N3O.C18H21N3O.C18H24N2O2.C17H24N2O.CH4/c1-17-9-10-19(22-11-12-23-19)18(7-3-4-8-18)15(17)6-5-14-13-21(2)20-16(14)17;1-17-9-13-10-19-22-16(13)18(7-3-4-8-18)14(17)6-5-12-11-21(2)20-15(12)17;2*1-17-10-13(19-2)16(22)18(8-4-5-9-18)14(17)7-6-12-11-21(3)20-15(12)17;1-17-9-13(11-21)16(22)18(7-3-4-8-18)14(17)6-5-12-10-20(2)19-15(12)17;1-16-10-7-14(20)17(8-3-4-9-17)13(16)6-5-12-11-19(2)18-15(12)16;/h13,15H,3-12H2,1-2H3;10-11,14H,3-9H2,1-2H3;11,14,22H,4-10H2,1,3H3;10-11,14H,4-9H2,1,3H3;10-11,14,21H,3-9H2,1-2H3;11,13H,3-10H2,1-2H3;1H4/b;;;;13-11-;;/t15-,17+;4*14-,17+;13-,16+;/m111111./s1/i;;;;;;1T. The molecule has 9 saturated carbocycles. The minimum atomic E-state index is -0.307. The number of Topliss-reactive ketones (excluding diaryl/α,β-unsaturated/α-hetero) is 3. The van der Waals surface area contributed by atoms with E-state index in [1.807, 2.05) is 68.6 Å². The first-order valence-corrected chi connectivity index (χ1v) is 51.1. The maximum Gasteiger partial charge on any atom is 0.226 e. The summed E-state index contributed by atoms with van der Waals surface area (Å²) in [5.41, 5.74) is 18.3. The fraction of sp³-hybridized carbons (Fsp3) is 0.706. The molecule has 706 valence electrons. The summed E-state index contributed by atoms with van der Waals surface area (Å²) in [6.07, 6.45) is 65.5. The summed E-state index contributed by atoms with van der Waals surface area (Å²) in [4.78, 5) is 46.0. The molecule has 18 aliphatic carbocycles. The van der Waals surface area contributed by atoms with Crippen LogP contribution in [0.4, 0.5) is 0 Å². The molecule has 10 fully saturated rings. The number of carbonyl (C=O) groups excluding carboxylic acids is 3. The van der Waals surface area contributed by atoms with Crippen LogP contribution in [0, 0.1) is 75.7 Å². The van der Waals surface area contributed by atoms with E-state index in [-0.39, 0.29) is 82.3 Å². The highest BCUT2D eigenvalue weighted by Crippen LogP contribution is 2.71. The SMILES string of the molecule is Cn1cc2c(n1)[C@@]1(C)C/C(=C/O)C(=O)C3(CCCC3)[C@@H]1CC2.Cn1cc2c(n1)[C@@]1(C)CCC(=O)C3(CCCC3)[C@@H]1CC2.Cn1cc2c(n1)[C@@]1(C)CCC3(OCCO3)C3(CCCC3)[C@@H]1CC2.Cn1cc2c(n1)[C@@]1(C)Cc3cnoc3C3(CCCC3)[C@@H]1CC2.[3H]C.[C-]#[N+]C1=C(O)C2(CCCC2)[C@@H]2CCc3cn(C)nc3[C@@]2(C)C1.[C-]#[N+]C1=C[C@]2(C)c3nn(C)cc3CC[C@H]2C2(CCCC2)C1=O. The van der Waals surface area contributed by atoms with Crippen LogP contribution in [0.2, 0.25) is 0 Å². The number of hydrogen-bond donors (Lipinski definition) is 2. The first kappa shape index (κ1) is 89.7. The number of hydrogen-bond acceptors (Lipinski definition) is 15. The average Bonchev–Trinajstić information content (AvgIpc) is 1.58. The topological polar surface area (TPSA) is 252 Å². The Labute approximate surface area is 783 Å². The lowest BCUT2D eigenvalue weighted by molar-refractivity contribution is -0.286. The Bertz CT molecular complexity index is 5860. The highest BCUT2D eigenvalue weighted by Gasteiger charge is 2.70. The van der Waals surface area contributed by atoms with Gasteiger partial charge in [-0.2, -0.15) is 30.6 Å². The van der Waals surface area contributed by atoms with E-state index in [1.54, 1.807) is 0 Å². The number of aliphatic hydroxyl groups is 2. The van der Waals surface area contributed by atoms with Crippen molar-refractivity contribution in [3.05, 3.63) is 180 Å². The number of allylic oxidation sites excluding steroid dienone is 5. The van der Waals surface area contributed by atoms with Crippen molar-refractivity contribution in [2.45, 2.75) is 369 Å². The number of nitrogens with zero attached hydrogens (tertiary/aromatic N) is 15. The van der Waals surface area contributed by atoms with Crippen molar-refractivity contribution in [2.75, 3.05) is 13.2 Å². The van der Waals surface area contributed by atoms with Gasteiger partial charge < -0.3 is 29.0 Å². The molecule has 26 rings (SSSR count). The van der Waals surface area contributed by atoms with Gasteiger partial charge in [-0.05, 0) is 255 Å². The number of carbonyl (C=O) groups is 3. The lowest BCUT2D eigenvalue weighted by atomic mass is 9.47. The summed E-state index contributed by atoms with van der Waals surface area (Å²) in [5.74, 6) is 5.12. The lowest BCUT2D eigenvalue weighted by Gasteiger charge is -2.60. The molecular formula is C109H147N15O8. The first-order chi connectivity index (χ1) is 63.8. The normalized spacial score (nSPS) is 33.8. The summed E-state index contributed by atoms with van der Waals surface area (Å²) >= 11 is 0. The molecule has 0 unspecified atom stereocenters. The van der Waals surface area contributed by atoms with Crippen molar-refractivity contribution in [1.82, 2.24) is 63.8 Å². The minimum Gasteiger partial charge on any atom is -0.523 e. The molecule has 0 amide bonds. The zero-order valence-electron chi connectivity index (χ0n) is 82.5. The maximum atomic E-state index is 13.0. The summed E-state index contributed by atoms with van der Waals surface area (Å²) in [6.45, 7) is 30.6. The molecule has 7 aromatic heterocycles. The third kappa shape index (κ3) is 13.2. The Morgan fingerprint density at radius 3 is 1.23 bits per heavy atom. The van der Waals surface area contributed by atoms with Crippen LogP contribution >= 0.6 is 0 Å². The van der Waals surface area contributed by atoms with Crippen LogP contribution in [0.15, 0.2) is 83.0 Å². The Balaban J connectivity index is 0.0000000989. The van der Waals surface area contributed by atoms with E-state index in [0.29, 0.717) is 76.9 Å². The molecule has 23 nitrogen and oxygen atoms in total. The summed E-state index contributed by atoms with van der Waals surface area (Å²) in [7, 11) is 13.3. The van der Waals surface area contributed by atoms with Crippen LogP contribution < -0.4 is 0 Å². The zero-order valence-corrected chi connectivity index (χ0v) is 81.5. The van der Waals surface area contributed by atoms with Gasteiger partial charge in [0.2, 0.25) is 11.4 Å². The fourth-order valence-corrected chi connectivity index (χ4v) is 35.1. The molecule has 8 heterocycles. The number of rotatable bonds is 0. The van der Waals surface area contributed by atoms with E-state index in [9.17, 15) is 24.6 Å². The molecule has 7 spiro atoms. The van der Waals surface area contributed by atoms with E-state index in [1.165, 1.54) is 165 Å². The van der Waals surface area contributed by atoms with Crippen LogP contribution in [-0.4, -0.2) is 110 Å². The van der Waals surface area contributed by atoms with Gasteiger partial charge in [-0.15, -0.1) is 0 Å². The van der Waals surface area contributed by atoms with Crippen LogP contribution in [0.25, 0.3) is 9.69 Å². The second-order valence-corrected chi connectivity index (χ2v) is 46.6. The predicted molar refractivity (Wildman–Crippen MR) is 505 cm³/mol. The van der Waals surface area contributed by atoms with E-state index >= 15 is 0 Å². The van der Waals surface area contributed by atoms with Gasteiger partial charge >= 0.3 is 0 Å². The molecule has 7 aromatic rings. The molecule has 12 atom stereocenters. The monoisotopic (exact) mass is 1800 g/mol. The molecular weight excluding hydrogens is 1650 g/mol. The number of ketones is 3. The molecule has 0 aromatic carbocycles. The van der Waals surface area contributed by atoms with E-state index < -0.39 is 0 Å². The molecule has 0 bridgehead atoms. The average molecular weight is 1800 g/mol. The van der Waals surface area contributed by atoms with Gasteiger partial charge in [0, 0.05) is 170 Å². The van der Waals surface area contributed by atoms with Gasteiger partial charge in [0.1, 0.15) is 17.3 Å². The van der Waals surface area contributed by atoms with Crippen LogP contribution in [-0.2, 0) is 149 Å². The molecule has 0 radical (unpaired) electrons. The molecule has 1 saturated heterocycles. The second-order valence-electron chi connectivity index (χ2n) is 46.6. The lowest BCUT2D eigenvalue weighted by Crippen LogP contribution is -2.62. The Hall–Kier alpha value is -8.80. The molecule has 1 aliphatic heterocycles. The van der Waals surface area contributed by atoms with E-state index in [2.05, 4.69) is 108 Å². The van der Waals surface area contributed by atoms with Crippen molar-refractivity contribution in [3.8, 4) is 0 Å². The smallest absolute Gasteiger partial charge is 0.226 e. The van der Waals surface area contributed by atoms with Crippen molar-refractivity contribution < 1.29 is 40.0 Å². The first-order valence-electron chi connectivity index (χ1n) is 52.1. The van der Waals surface area contributed by atoms with Crippen molar-refractivity contribution in [3.63, 3.8) is 0 Å². The third-order valence-electron chi connectivity index (χ3n) is 40.1. The molecule has 23 heteroatoms. The minimum absolute atomic E-state index is 0.00219. The van der Waals surface area contributed by atoms with Gasteiger partial charge in [0.05, 0.1) is 73.0 Å². The maximum absolute atomic E-state index is 13.0. The Morgan fingerprint density at radius 1 is 0.409 bits per heavy atom. The molecule has 19 aliphatic rings. The highest BCUT2D eigenvalue weighted by molar-refractivity contribution is 6.03. The quantitative estimate of drug-likeness (QED) is 0.0813. The molecule has 132 heavy (non-hydrogen) atoms. The van der Waals surface area contributed by atoms with Crippen molar-refractivity contribution in [2.24, 2.45) is 105 Å². The fourth-order valence-electron chi connectivity index (χ4n) is 35.1. The summed E-state index contributed by atoms with van der Waals surface area (Å²) in [6, 6.07) is 0. The van der Waals surface area contributed by atoms with Gasteiger partial charge in [-0.3, -0.25) is 37.7 Å². The number of ether oxygens (including phenoxy) is 2. The van der Waals surface area contributed by atoms with Crippen molar-refractivity contribution >= 4 is 17.3 Å². The van der Waals surface area contributed by atoms with Gasteiger partial charge in [0.15, 0.2) is 17.4 Å². The van der Waals surface area contributed by atoms with E-state index in [0.717, 1.165) is 204 Å². The highest BCUT2D eigenvalue weighted by atomic mass is 16.7.